The van der Waals surface area contributed by atoms with Crippen LogP contribution in [0.25, 0.3) is 0 Å². The minimum atomic E-state index is -0.858. The molecule has 1 aromatic rings. The molecule has 1 amide bonds. The third kappa shape index (κ3) is 3.43. The summed E-state index contributed by atoms with van der Waals surface area (Å²) >= 11 is 1.82. The Hall–Kier alpha value is -1.43. The molecule has 1 aromatic heterocycles. The highest BCUT2D eigenvalue weighted by atomic mass is 32.1. The number of rotatable bonds is 6. The van der Waals surface area contributed by atoms with Crippen LogP contribution in [-0.2, 0) is 28.9 Å². The number of amides is 1. The van der Waals surface area contributed by atoms with Gasteiger partial charge in [-0.2, -0.15) is 0 Å². The SMILES string of the molecule is O=C(O)C1CC1C(=O)NCCCc1nc2c(s1)CCCC2. The van der Waals surface area contributed by atoms with Crippen LogP contribution in [0.5, 0.6) is 0 Å². The molecule has 2 N–H and O–H groups in total. The molecular formula is C15H20N2O3S. The number of nitrogens with zero attached hydrogens (tertiary/aromatic N) is 1. The molecule has 5 nitrogen and oxygen atoms in total. The van der Waals surface area contributed by atoms with Crippen LogP contribution in [0.2, 0.25) is 0 Å². The maximum Gasteiger partial charge on any atom is 0.307 e. The Labute approximate surface area is 127 Å². The van der Waals surface area contributed by atoms with Crippen molar-refractivity contribution in [3.05, 3.63) is 15.6 Å². The highest BCUT2D eigenvalue weighted by Crippen LogP contribution is 2.38. The molecule has 1 heterocycles. The number of carbonyl (C=O) groups is 2. The molecule has 2 aliphatic rings. The monoisotopic (exact) mass is 308 g/mol. The minimum absolute atomic E-state index is 0.110. The van der Waals surface area contributed by atoms with Gasteiger partial charge in [-0.15, -0.1) is 11.3 Å². The van der Waals surface area contributed by atoms with Crippen molar-refractivity contribution in [1.82, 2.24) is 10.3 Å². The van der Waals surface area contributed by atoms with Gasteiger partial charge in [0.15, 0.2) is 0 Å². The number of carboxylic acids is 1. The topological polar surface area (TPSA) is 79.3 Å². The van der Waals surface area contributed by atoms with Crippen molar-refractivity contribution in [1.29, 1.82) is 0 Å². The van der Waals surface area contributed by atoms with Crippen LogP contribution in [-0.4, -0.2) is 28.5 Å². The summed E-state index contributed by atoms with van der Waals surface area (Å²) in [5.41, 5.74) is 1.28. The average molecular weight is 308 g/mol. The zero-order valence-electron chi connectivity index (χ0n) is 11.9. The Kier molecular flexibility index (Phi) is 4.24. The molecule has 0 bridgehead atoms. The fourth-order valence-corrected chi connectivity index (χ4v) is 4.05. The zero-order chi connectivity index (χ0) is 14.8. The number of fused-ring (bicyclic) bond motifs is 1. The smallest absolute Gasteiger partial charge is 0.307 e. The van der Waals surface area contributed by atoms with Crippen LogP contribution in [0, 0.1) is 11.8 Å². The van der Waals surface area contributed by atoms with Gasteiger partial charge >= 0.3 is 5.97 Å². The van der Waals surface area contributed by atoms with Crippen LogP contribution >= 0.6 is 11.3 Å². The third-order valence-electron chi connectivity index (χ3n) is 4.20. The maximum atomic E-state index is 11.7. The van der Waals surface area contributed by atoms with E-state index < -0.39 is 11.9 Å². The number of thiazole rings is 1. The summed E-state index contributed by atoms with van der Waals surface area (Å²) < 4.78 is 0. The molecule has 3 rings (SSSR count). The molecule has 0 spiro atoms. The van der Waals surface area contributed by atoms with E-state index in [9.17, 15) is 9.59 Å². The number of aryl methyl sites for hydroxylation is 3. The van der Waals surface area contributed by atoms with Gasteiger partial charge in [0.25, 0.3) is 0 Å². The molecular weight excluding hydrogens is 288 g/mol. The van der Waals surface area contributed by atoms with E-state index in [2.05, 4.69) is 10.3 Å². The lowest BCUT2D eigenvalue weighted by Crippen LogP contribution is -2.27. The number of nitrogens with one attached hydrogen (secondary N) is 1. The van der Waals surface area contributed by atoms with Crippen LogP contribution in [0.3, 0.4) is 0 Å². The predicted molar refractivity (Wildman–Crippen MR) is 79.3 cm³/mol. The molecule has 0 radical (unpaired) electrons. The highest BCUT2D eigenvalue weighted by molar-refractivity contribution is 7.11. The zero-order valence-corrected chi connectivity index (χ0v) is 12.7. The van der Waals surface area contributed by atoms with Crippen LogP contribution in [0.4, 0.5) is 0 Å². The Morgan fingerprint density at radius 2 is 2.10 bits per heavy atom. The van der Waals surface area contributed by atoms with Crippen LogP contribution in [0.15, 0.2) is 0 Å². The Morgan fingerprint density at radius 3 is 2.81 bits per heavy atom. The maximum absolute atomic E-state index is 11.7. The summed E-state index contributed by atoms with van der Waals surface area (Å²) in [6, 6.07) is 0. The van der Waals surface area contributed by atoms with Crippen molar-refractivity contribution in [2.24, 2.45) is 11.8 Å². The first-order valence-corrected chi connectivity index (χ1v) is 8.45. The quantitative estimate of drug-likeness (QED) is 0.785. The second kappa shape index (κ2) is 6.13. The second-order valence-electron chi connectivity index (χ2n) is 5.87. The average Bonchev–Trinajstić information content (AvgIpc) is 3.17. The van der Waals surface area contributed by atoms with E-state index >= 15 is 0 Å². The van der Waals surface area contributed by atoms with Crippen molar-refractivity contribution in [3.8, 4) is 0 Å². The largest absolute Gasteiger partial charge is 0.481 e. The number of aromatic nitrogens is 1. The van der Waals surface area contributed by atoms with E-state index in [0.717, 1.165) is 19.3 Å². The molecule has 21 heavy (non-hydrogen) atoms. The van der Waals surface area contributed by atoms with Crippen molar-refractivity contribution >= 4 is 23.2 Å². The second-order valence-corrected chi connectivity index (χ2v) is 7.03. The van der Waals surface area contributed by atoms with Gasteiger partial charge in [-0.1, -0.05) is 0 Å². The summed E-state index contributed by atoms with van der Waals surface area (Å²) in [6.45, 7) is 0.603. The molecule has 114 valence electrons. The van der Waals surface area contributed by atoms with Gasteiger partial charge in [-0.05, 0) is 38.5 Å². The van der Waals surface area contributed by atoms with Gasteiger partial charge < -0.3 is 10.4 Å². The normalized spacial score (nSPS) is 23.4. The number of carbonyl (C=O) groups excluding carboxylic acids is 1. The number of carboxylic acid groups (broad SMARTS) is 1. The van der Waals surface area contributed by atoms with E-state index in [4.69, 9.17) is 5.11 Å². The molecule has 0 aliphatic heterocycles. The fraction of sp³-hybridized carbons (Fsp3) is 0.667. The summed E-state index contributed by atoms with van der Waals surface area (Å²) in [6.07, 6.45) is 7.05. The molecule has 2 atom stereocenters. The van der Waals surface area contributed by atoms with Crippen molar-refractivity contribution in [3.63, 3.8) is 0 Å². The lowest BCUT2D eigenvalue weighted by atomic mass is 10.0. The third-order valence-corrected chi connectivity index (χ3v) is 5.42. The fourth-order valence-electron chi connectivity index (χ4n) is 2.85. The van der Waals surface area contributed by atoms with Gasteiger partial charge in [0.1, 0.15) is 0 Å². The first-order valence-electron chi connectivity index (χ1n) is 7.63. The van der Waals surface area contributed by atoms with Gasteiger partial charge in [-0.25, -0.2) is 4.98 Å². The van der Waals surface area contributed by atoms with E-state index in [-0.39, 0.29) is 11.8 Å². The van der Waals surface area contributed by atoms with Crippen molar-refractivity contribution in [2.45, 2.75) is 44.9 Å². The Bertz CT molecular complexity index is 532. The summed E-state index contributed by atoms with van der Waals surface area (Å²) in [7, 11) is 0. The summed E-state index contributed by atoms with van der Waals surface area (Å²) in [5.74, 6) is -1.74. The Balaban J connectivity index is 1.38. The van der Waals surface area contributed by atoms with Crippen molar-refractivity contribution in [2.75, 3.05) is 6.54 Å². The predicted octanol–water partition coefficient (Wildman–Crippen LogP) is 1.79. The van der Waals surface area contributed by atoms with E-state index in [1.807, 2.05) is 11.3 Å². The standard InChI is InChI=1S/C15H20N2O3S/c18-14(9-8-10(9)15(19)20)16-7-3-6-13-17-11-4-1-2-5-12(11)21-13/h9-10H,1-8H2,(H,16,18)(H,19,20). The number of hydrogen-bond donors (Lipinski definition) is 2. The van der Waals surface area contributed by atoms with Crippen LogP contribution in [0.1, 0.15) is 41.3 Å². The van der Waals surface area contributed by atoms with E-state index in [0.29, 0.717) is 13.0 Å². The molecule has 2 aliphatic carbocycles. The lowest BCUT2D eigenvalue weighted by molar-refractivity contribution is -0.140. The molecule has 2 unspecified atom stereocenters. The van der Waals surface area contributed by atoms with Gasteiger partial charge in [-0.3, -0.25) is 9.59 Å². The van der Waals surface area contributed by atoms with E-state index in [1.165, 1.54) is 34.8 Å². The highest BCUT2D eigenvalue weighted by Gasteiger charge is 2.48. The van der Waals surface area contributed by atoms with Gasteiger partial charge in [0.2, 0.25) is 5.91 Å². The number of hydrogen-bond acceptors (Lipinski definition) is 4. The molecule has 1 fully saturated rings. The molecule has 6 heteroatoms. The lowest BCUT2D eigenvalue weighted by Gasteiger charge is -2.06. The Morgan fingerprint density at radius 1 is 1.29 bits per heavy atom. The number of aliphatic carboxylic acids is 1. The first-order chi connectivity index (χ1) is 10.1. The molecule has 0 saturated heterocycles. The van der Waals surface area contributed by atoms with E-state index in [1.54, 1.807) is 0 Å². The van der Waals surface area contributed by atoms with Crippen molar-refractivity contribution < 1.29 is 14.7 Å². The molecule has 0 aromatic carbocycles. The van der Waals surface area contributed by atoms with Gasteiger partial charge in [0, 0.05) is 17.8 Å². The summed E-state index contributed by atoms with van der Waals surface area (Å²) in [5, 5.41) is 12.8. The summed E-state index contributed by atoms with van der Waals surface area (Å²) in [4.78, 5) is 28.5. The first kappa shape index (κ1) is 14.5. The van der Waals surface area contributed by atoms with Crippen LogP contribution < -0.4 is 5.32 Å². The molecule has 1 saturated carbocycles. The minimum Gasteiger partial charge on any atom is -0.481 e. The van der Waals surface area contributed by atoms with Gasteiger partial charge in [0.05, 0.1) is 22.5 Å².